The van der Waals surface area contributed by atoms with Crippen LogP contribution >= 0.6 is 12.2 Å². The van der Waals surface area contributed by atoms with Gasteiger partial charge in [0.1, 0.15) is 5.75 Å². The van der Waals surface area contributed by atoms with Crippen molar-refractivity contribution in [1.82, 2.24) is 15.1 Å². The number of hydrogen-bond donors (Lipinski definition) is 1. The van der Waals surface area contributed by atoms with Crippen LogP contribution in [0.25, 0.3) is 0 Å². The van der Waals surface area contributed by atoms with Crippen molar-refractivity contribution in [3.8, 4) is 5.75 Å². The van der Waals surface area contributed by atoms with Gasteiger partial charge >= 0.3 is 0 Å². The van der Waals surface area contributed by atoms with E-state index in [4.69, 9.17) is 17.0 Å². The Morgan fingerprint density at radius 3 is 2.62 bits per heavy atom. The van der Waals surface area contributed by atoms with Crippen molar-refractivity contribution in [2.75, 3.05) is 33.3 Å². The molecule has 1 heterocycles. The quantitative estimate of drug-likeness (QED) is 0.845. The highest BCUT2D eigenvalue weighted by atomic mass is 32.1. The summed E-state index contributed by atoms with van der Waals surface area (Å²) in [6.07, 6.45) is 6.61. The van der Waals surface area contributed by atoms with Gasteiger partial charge in [-0.05, 0) is 42.8 Å². The largest absolute Gasteiger partial charge is 0.497 e. The molecule has 1 aromatic rings. The lowest BCUT2D eigenvalue weighted by atomic mass is 9.96. The van der Waals surface area contributed by atoms with Gasteiger partial charge in [-0.15, -0.1) is 0 Å². The number of benzene rings is 1. The van der Waals surface area contributed by atoms with Gasteiger partial charge in [0.25, 0.3) is 0 Å². The van der Waals surface area contributed by atoms with Crippen molar-refractivity contribution in [2.45, 2.75) is 44.7 Å². The van der Waals surface area contributed by atoms with Gasteiger partial charge in [-0.2, -0.15) is 0 Å². The first-order valence-corrected chi connectivity index (χ1v) is 9.56. The molecule has 1 aromatic carbocycles. The highest BCUT2D eigenvalue weighted by Gasteiger charge is 2.21. The van der Waals surface area contributed by atoms with Crippen LogP contribution in [0.1, 0.15) is 37.7 Å². The molecule has 5 heteroatoms. The first kappa shape index (κ1) is 17.5. The van der Waals surface area contributed by atoms with Crippen molar-refractivity contribution >= 4 is 17.3 Å². The van der Waals surface area contributed by atoms with Crippen LogP contribution in [0.3, 0.4) is 0 Å². The Kier molecular flexibility index (Phi) is 6.32. The van der Waals surface area contributed by atoms with E-state index in [1.54, 1.807) is 7.11 Å². The first-order chi connectivity index (χ1) is 11.7. The molecule has 0 bridgehead atoms. The van der Waals surface area contributed by atoms with Crippen LogP contribution in [0.4, 0.5) is 0 Å². The summed E-state index contributed by atoms with van der Waals surface area (Å²) in [7, 11) is 1.72. The Balaban J connectivity index is 1.44. The molecule has 132 valence electrons. The maximum absolute atomic E-state index is 5.64. The summed E-state index contributed by atoms with van der Waals surface area (Å²) in [5.74, 6) is 0.934. The number of hydrogen-bond acceptors (Lipinski definition) is 3. The van der Waals surface area contributed by atoms with E-state index in [0.717, 1.165) is 43.6 Å². The Hall–Kier alpha value is -1.33. The summed E-state index contributed by atoms with van der Waals surface area (Å²) < 4.78 is 5.31. The second kappa shape index (κ2) is 8.67. The molecule has 4 nitrogen and oxygen atoms in total. The molecule has 0 spiro atoms. The Morgan fingerprint density at radius 1 is 1.17 bits per heavy atom. The summed E-state index contributed by atoms with van der Waals surface area (Å²) in [4.78, 5) is 4.83. The highest BCUT2D eigenvalue weighted by molar-refractivity contribution is 7.80. The normalized spacial score (nSPS) is 20.0. The maximum Gasteiger partial charge on any atom is 0.169 e. The Bertz CT molecular complexity index is 537. The Labute approximate surface area is 151 Å². The number of nitrogens with zero attached hydrogens (tertiary/aromatic N) is 2. The fourth-order valence-corrected chi connectivity index (χ4v) is 4.00. The predicted molar refractivity (Wildman–Crippen MR) is 102 cm³/mol. The van der Waals surface area contributed by atoms with E-state index in [1.165, 1.54) is 37.7 Å². The minimum absolute atomic E-state index is 0.598. The zero-order valence-corrected chi connectivity index (χ0v) is 15.5. The van der Waals surface area contributed by atoms with Crippen molar-refractivity contribution < 1.29 is 4.74 Å². The van der Waals surface area contributed by atoms with Gasteiger partial charge in [-0.25, -0.2) is 0 Å². The van der Waals surface area contributed by atoms with Crippen LogP contribution in [-0.4, -0.2) is 54.2 Å². The summed E-state index contributed by atoms with van der Waals surface area (Å²) in [5.41, 5.74) is 1.31. The SMILES string of the molecule is COc1cccc(CN2CCN(C(=S)NC3CCCCC3)CC2)c1. The minimum atomic E-state index is 0.598. The molecule has 0 aromatic heterocycles. The fraction of sp³-hybridized carbons (Fsp3) is 0.632. The van der Waals surface area contributed by atoms with E-state index in [1.807, 2.05) is 6.07 Å². The van der Waals surface area contributed by atoms with E-state index < -0.39 is 0 Å². The third-order valence-electron chi connectivity index (χ3n) is 5.13. The average Bonchev–Trinajstić information content (AvgIpc) is 2.63. The second-order valence-corrected chi connectivity index (χ2v) is 7.29. The Morgan fingerprint density at radius 2 is 1.92 bits per heavy atom. The fourth-order valence-electron chi connectivity index (χ4n) is 3.65. The highest BCUT2D eigenvalue weighted by Crippen LogP contribution is 2.18. The van der Waals surface area contributed by atoms with Crippen LogP contribution in [-0.2, 0) is 6.54 Å². The van der Waals surface area contributed by atoms with Crippen molar-refractivity contribution in [2.24, 2.45) is 0 Å². The third-order valence-corrected chi connectivity index (χ3v) is 5.51. The van der Waals surface area contributed by atoms with Crippen molar-refractivity contribution in [1.29, 1.82) is 0 Å². The molecular weight excluding hydrogens is 318 g/mol. The van der Waals surface area contributed by atoms with Crippen molar-refractivity contribution in [3.05, 3.63) is 29.8 Å². The monoisotopic (exact) mass is 347 g/mol. The molecule has 2 fully saturated rings. The maximum atomic E-state index is 5.64. The van der Waals surface area contributed by atoms with Crippen LogP contribution in [0.15, 0.2) is 24.3 Å². The summed E-state index contributed by atoms with van der Waals surface area (Å²) in [5, 5.41) is 4.55. The first-order valence-electron chi connectivity index (χ1n) is 9.15. The number of rotatable bonds is 4. The third kappa shape index (κ3) is 4.84. The van der Waals surface area contributed by atoms with E-state index in [-0.39, 0.29) is 0 Å². The number of thiocarbonyl (C=S) groups is 1. The number of nitrogens with one attached hydrogen (secondary N) is 1. The lowest BCUT2D eigenvalue weighted by molar-refractivity contribution is 0.173. The van der Waals surface area contributed by atoms with E-state index in [0.29, 0.717) is 6.04 Å². The predicted octanol–water partition coefficient (Wildman–Crippen LogP) is 3.02. The molecular formula is C19H29N3OS. The van der Waals surface area contributed by atoms with Gasteiger partial charge in [-0.1, -0.05) is 31.4 Å². The van der Waals surface area contributed by atoms with E-state index >= 15 is 0 Å². The molecule has 3 rings (SSSR count). The molecule has 1 N–H and O–H groups in total. The summed E-state index contributed by atoms with van der Waals surface area (Å²) in [6, 6.07) is 8.96. The summed E-state index contributed by atoms with van der Waals surface area (Å²) in [6.45, 7) is 5.13. The smallest absolute Gasteiger partial charge is 0.169 e. The van der Waals surface area contributed by atoms with Gasteiger partial charge < -0.3 is 15.0 Å². The van der Waals surface area contributed by atoms with Crippen molar-refractivity contribution in [3.63, 3.8) is 0 Å². The lowest BCUT2D eigenvalue weighted by Gasteiger charge is -2.37. The van der Waals surface area contributed by atoms with Gasteiger partial charge in [0.15, 0.2) is 5.11 Å². The van der Waals surface area contributed by atoms with Crippen LogP contribution in [0.5, 0.6) is 5.75 Å². The van der Waals surface area contributed by atoms with E-state index in [2.05, 4.69) is 33.3 Å². The average molecular weight is 348 g/mol. The van der Waals surface area contributed by atoms with Crippen LogP contribution in [0, 0.1) is 0 Å². The van der Waals surface area contributed by atoms with Crippen LogP contribution < -0.4 is 10.1 Å². The molecule has 24 heavy (non-hydrogen) atoms. The minimum Gasteiger partial charge on any atom is -0.497 e. The summed E-state index contributed by atoms with van der Waals surface area (Å²) >= 11 is 5.64. The molecule has 1 aliphatic carbocycles. The molecule has 2 aliphatic rings. The van der Waals surface area contributed by atoms with E-state index in [9.17, 15) is 0 Å². The molecule has 0 amide bonds. The zero-order chi connectivity index (χ0) is 16.8. The van der Waals surface area contributed by atoms with Gasteiger partial charge in [0, 0.05) is 38.8 Å². The second-order valence-electron chi connectivity index (χ2n) is 6.90. The standard InChI is InChI=1S/C19H29N3OS/c1-23-18-9-5-6-16(14-18)15-21-10-12-22(13-11-21)19(24)20-17-7-3-2-4-8-17/h5-6,9,14,17H,2-4,7-8,10-13,15H2,1H3,(H,20,24). The molecule has 0 radical (unpaired) electrons. The van der Waals surface area contributed by atoms with Gasteiger partial charge in [-0.3, -0.25) is 4.90 Å². The zero-order valence-electron chi connectivity index (χ0n) is 14.7. The number of methoxy groups -OCH3 is 1. The van der Waals surface area contributed by atoms with Crippen LogP contribution in [0.2, 0.25) is 0 Å². The number of ether oxygens (including phenoxy) is 1. The molecule has 0 atom stereocenters. The molecule has 1 saturated heterocycles. The van der Waals surface area contributed by atoms with Gasteiger partial charge in [0.2, 0.25) is 0 Å². The molecule has 0 unspecified atom stereocenters. The van der Waals surface area contributed by atoms with Gasteiger partial charge in [0.05, 0.1) is 7.11 Å². The molecule has 1 saturated carbocycles. The topological polar surface area (TPSA) is 27.7 Å². The molecule has 1 aliphatic heterocycles. The number of piperazine rings is 1. The lowest BCUT2D eigenvalue weighted by Crippen LogP contribution is -2.53.